The Morgan fingerprint density at radius 3 is 2.34 bits per heavy atom. The summed E-state index contributed by atoms with van der Waals surface area (Å²) < 4.78 is 17.3. The number of amides is 3. The number of esters is 1. The second-order valence-electron chi connectivity index (χ2n) is 7.33. The molecule has 2 saturated heterocycles. The number of carbonyl (C=O) groups is 4. The zero-order valence-corrected chi connectivity index (χ0v) is 19.0. The Bertz CT molecular complexity index is 909. The van der Waals surface area contributed by atoms with Gasteiger partial charge in [0.25, 0.3) is 0 Å². The SMILES string of the molecule is CC(=O)N=C1S[C@@H]2CO[C@H](OCc3ccccc3)[C@@H](OC(C)=O)[C@@H]2N1N(C(C)=O)C(C)=O. The Balaban J connectivity index is 1.97. The van der Waals surface area contributed by atoms with Crippen LogP contribution in [0.25, 0.3) is 0 Å². The van der Waals surface area contributed by atoms with Gasteiger partial charge in [0.15, 0.2) is 17.6 Å². The van der Waals surface area contributed by atoms with Crippen LogP contribution in [0.4, 0.5) is 0 Å². The number of rotatable bonds is 5. The predicted octanol–water partition coefficient (Wildman–Crippen LogP) is 1.49. The fraction of sp³-hybridized carbons (Fsp3) is 0.476. The van der Waals surface area contributed by atoms with Crippen LogP contribution in [0.2, 0.25) is 0 Å². The molecule has 0 unspecified atom stereocenters. The van der Waals surface area contributed by atoms with Crippen LogP contribution in [0.15, 0.2) is 35.3 Å². The van der Waals surface area contributed by atoms with Crippen LogP contribution >= 0.6 is 11.8 Å². The predicted molar refractivity (Wildman–Crippen MR) is 115 cm³/mol. The van der Waals surface area contributed by atoms with E-state index in [2.05, 4.69) is 4.99 Å². The number of benzene rings is 1. The molecular formula is C21H25N3O7S. The fourth-order valence-electron chi connectivity index (χ4n) is 3.64. The van der Waals surface area contributed by atoms with Crippen LogP contribution < -0.4 is 0 Å². The van der Waals surface area contributed by atoms with Gasteiger partial charge in [0, 0.05) is 27.7 Å². The fourth-order valence-corrected chi connectivity index (χ4v) is 4.96. The van der Waals surface area contributed by atoms with Crippen molar-refractivity contribution < 1.29 is 33.4 Å². The average molecular weight is 464 g/mol. The van der Waals surface area contributed by atoms with Gasteiger partial charge in [-0.25, -0.2) is 5.01 Å². The summed E-state index contributed by atoms with van der Waals surface area (Å²) in [4.78, 5) is 52.3. The lowest BCUT2D eigenvalue weighted by molar-refractivity contribution is -0.247. The lowest BCUT2D eigenvalue weighted by Crippen LogP contribution is -2.63. The van der Waals surface area contributed by atoms with Crippen LogP contribution in [0.5, 0.6) is 0 Å². The van der Waals surface area contributed by atoms with Gasteiger partial charge in [0.2, 0.25) is 17.7 Å². The molecule has 0 spiro atoms. The second-order valence-corrected chi connectivity index (χ2v) is 8.53. The number of hydrazine groups is 1. The molecule has 0 aliphatic carbocycles. The Morgan fingerprint density at radius 1 is 1.12 bits per heavy atom. The van der Waals surface area contributed by atoms with Crippen molar-refractivity contribution in [3.05, 3.63) is 35.9 Å². The van der Waals surface area contributed by atoms with Crippen molar-refractivity contribution >= 4 is 40.6 Å². The molecule has 2 heterocycles. The van der Waals surface area contributed by atoms with Gasteiger partial charge in [0.05, 0.1) is 18.5 Å². The van der Waals surface area contributed by atoms with E-state index in [0.717, 1.165) is 10.6 Å². The highest BCUT2D eigenvalue weighted by Crippen LogP contribution is 2.40. The van der Waals surface area contributed by atoms with E-state index in [-0.39, 0.29) is 23.6 Å². The van der Waals surface area contributed by atoms with E-state index in [1.165, 1.54) is 44.5 Å². The lowest BCUT2D eigenvalue weighted by atomic mass is 10.0. The molecule has 0 radical (unpaired) electrons. The van der Waals surface area contributed by atoms with Crippen LogP contribution in [0.3, 0.4) is 0 Å². The van der Waals surface area contributed by atoms with Crippen molar-refractivity contribution in [1.29, 1.82) is 0 Å². The summed E-state index contributed by atoms with van der Waals surface area (Å²) in [5.41, 5.74) is 0.894. The van der Waals surface area contributed by atoms with Crippen LogP contribution in [-0.2, 0) is 40.0 Å². The average Bonchev–Trinajstić information content (AvgIpc) is 3.04. The zero-order valence-electron chi connectivity index (χ0n) is 18.2. The molecule has 3 amide bonds. The summed E-state index contributed by atoms with van der Waals surface area (Å²) in [5, 5.41) is 2.02. The van der Waals surface area contributed by atoms with E-state index in [9.17, 15) is 19.2 Å². The van der Waals surface area contributed by atoms with E-state index in [4.69, 9.17) is 14.2 Å². The van der Waals surface area contributed by atoms with Crippen molar-refractivity contribution in [2.24, 2.45) is 4.99 Å². The highest BCUT2D eigenvalue weighted by Gasteiger charge is 2.55. The molecule has 3 rings (SSSR count). The molecule has 2 aliphatic heterocycles. The highest BCUT2D eigenvalue weighted by atomic mass is 32.2. The first-order chi connectivity index (χ1) is 15.2. The molecule has 0 N–H and O–H groups in total. The number of imide groups is 1. The molecular weight excluding hydrogens is 438 g/mol. The third-order valence-corrected chi connectivity index (χ3v) is 5.98. The maximum atomic E-state index is 12.3. The Hall–Kier alpha value is -2.76. The molecule has 0 aromatic heterocycles. The molecule has 2 fully saturated rings. The van der Waals surface area contributed by atoms with Crippen molar-refractivity contribution in [3.8, 4) is 0 Å². The molecule has 4 atom stereocenters. The molecule has 2 aliphatic rings. The molecule has 1 aromatic rings. The van der Waals surface area contributed by atoms with Crippen molar-refractivity contribution in [1.82, 2.24) is 10.0 Å². The Morgan fingerprint density at radius 2 is 1.78 bits per heavy atom. The number of thioether (sulfide) groups is 1. The number of fused-ring (bicyclic) bond motifs is 1. The molecule has 11 heteroatoms. The third kappa shape index (κ3) is 5.34. The largest absolute Gasteiger partial charge is 0.455 e. The standard InChI is InChI=1S/C21H25N3O7S/c1-12(25)22-21-24(23(13(2)26)14(3)27)18-17(32-21)11-30-20(19(18)31-15(4)28)29-10-16-8-6-5-7-9-16/h5-9,17-20H,10-11H2,1-4H3/t17-,18-,19+,20+/m1/s1. The number of ether oxygens (including phenoxy) is 3. The van der Waals surface area contributed by atoms with Crippen LogP contribution in [-0.4, -0.2) is 69.2 Å². The van der Waals surface area contributed by atoms with Crippen molar-refractivity contribution in [3.63, 3.8) is 0 Å². The molecule has 0 bridgehead atoms. The first-order valence-electron chi connectivity index (χ1n) is 9.99. The molecule has 32 heavy (non-hydrogen) atoms. The highest BCUT2D eigenvalue weighted by molar-refractivity contribution is 8.14. The number of amidine groups is 1. The minimum absolute atomic E-state index is 0.155. The van der Waals surface area contributed by atoms with Gasteiger partial charge in [-0.2, -0.15) is 10.0 Å². The zero-order chi connectivity index (χ0) is 23.4. The summed E-state index contributed by atoms with van der Waals surface area (Å²) in [6, 6.07) is 8.68. The van der Waals surface area contributed by atoms with Gasteiger partial charge in [-0.05, 0) is 5.56 Å². The van der Waals surface area contributed by atoms with Gasteiger partial charge < -0.3 is 14.2 Å². The van der Waals surface area contributed by atoms with E-state index in [0.29, 0.717) is 0 Å². The van der Waals surface area contributed by atoms with Gasteiger partial charge in [0.1, 0.15) is 6.04 Å². The third-order valence-electron chi connectivity index (χ3n) is 4.77. The molecule has 0 saturated carbocycles. The van der Waals surface area contributed by atoms with Crippen molar-refractivity contribution in [2.75, 3.05) is 6.61 Å². The van der Waals surface area contributed by atoms with E-state index >= 15 is 0 Å². The number of hydrogen-bond acceptors (Lipinski definition) is 8. The van der Waals surface area contributed by atoms with Gasteiger partial charge in [-0.1, -0.05) is 42.1 Å². The summed E-state index contributed by atoms with van der Waals surface area (Å²) in [6.45, 7) is 5.35. The summed E-state index contributed by atoms with van der Waals surface area (Å²) in [7, 11) is 0. The first kappa shape index (κ1) is 23.9. The number of hydrogen-bond donors (Lipinski definition) is 0. The number of aliphatic imine (C=N–C) groups is 1. The van der Waals surface area contributed by atoms with E-state index in [1.807, 2.05) is 30.3 Å². The molecule has 10 nitrogen and oxygen atoms in total. The van der Waals surface area contributed by atoms with Gasteiger partial charge in [-0.15, -0.1) is 0 Å². The summed E-state index contributed by atoms with van der Waals surface area (Å²) >= 11 is 1.18. The first-order valence-corrected chi connectivity index (χ1v) is 10.9. The molecule has 172 valence electrons. The van der Waals surface area contributed by atoms with E-state index in [1.54, 1.807) is 0 Å². The normalized spacial score (nSPS) is 25.9. The van der Waals surface area contributed by atoms with Crippen LogP contribution in [0, 0.1) is 0 Å². The topological polar surface area (TPSA) is 115 Å². The number of carbonyl (C=O) groups excluding carboxylic acids is 4. The van der Waals surface area contributed by atoms with Gasteiger partial charge in [-0.3, -0.25) is 19.2 Å². The Kier molecular flexibility index (Phi) is 7.64. The van der Waals surface area contributed by atoms with E-state index < -0.39 is 42.1 Å². The Labute approximate surface area is 189 Å². The van der Waals surface area contributed by atoms with Crippen molar-refractivity contribution in [2.45, 2.75) is 58.0 Å². The lowest BCUT2D eigenvalue weighted by Gasteiger charge is -2.43. The monoisotopic (exact) mass is 463 g/mol. The van der Waals surface area contributed by atoms with Gasteiger partial charge >= 0.3 is 5.97 Å². The maximum absolute atomic E-state index is 12.3. The minimum Gasteiger partial charge on any atom is -0.455 e. The number of nitrogens with zero attached hydrogens (tertiary/aromatic N) is 3. The second kappa shape index (κ2) is 10.2. The summed E-state index contributed by atoms with van der Waals surface area (Å²) in [6.07, 6.45) is -1.94. The minimum atomic E-state index is -0.983. The molecule has 1 aromatic carbocycles. The smallest absolute Gasteiger partial charge is 0.303 e. The maximum Gasteiger partial charge on any atom is 0.303 e. The van der Waals surface area contributed by atoms with Crippen LogP contribution in [0.1, 0.15) is 33.3 Å². The summed E-state index contributed by atoms with van der Waals surface area (Å²) in [5.74, 6) is -2.20. The quantitative estimate of drug-likeness (QED) is 0.599.